The minimum atomic E-state index is -3.59. The van der Waals surface area contributed by atoms with Gasteiger partial charge in [-0.3, -0.25) is 4.79 Å². The fourth-order valence-electron chi connectivity index (χ4n) is 5.90. The Morgan fingerprint density at radius 2 is 1.89 bits per heavy atom. The minimum absolute atomic E-state index is 0.102. The van der Waals surface area contributed by atoms with Crippen LogP contribution in [0.25, 0.3) is 0 Å². The average Bonchev–Trinajstić information content (AvgIpc) is 3.38. The number of H-pyrrole nitrogens is 1. The maximum atomic E-state index is 13.6. The van der Waals surface area contributed by atoms with E-state index in [4.69, 9.17) is 0 Å². The van der Waals surface area contributed by atoms with Crippen molar-refractivity contribution in [1.82, 2.24) is 19.6 Å². The number of benzene rings is 1. The summed E-state index contributed by atoms with van der Waals surface area (Å²) in [6.45, 7) is 2.75. The lowest BCUT2D eigenvalue weighted by Gasteiger charge is -2.48. The molecule has 1 saturated heterocycles. The third kappa shape index (κ3) is 6.50. The lowest BCUT2D eigenvalue weighted by atomic mass is 9.62. The van der Waals surface area contributed by atoms with Crippen molar-refractivity contribution in [3.63, 3.8) is 0 Å². The molecule has 4 rings (SSSR count). The number of piperidine rings is 1. The van der Waals surface area contributed by atoms with Crippen molar-refractivity contribution in [2.45, 2.75) is 70.8 Å². The van der Waals surface area contributed by atoms with Gasteiger partial charge in [0.05, 0.1) is 5.75 Å². The second-order valence-corrected chi connectivity index (χ2v) is 12.2. The van der Waals surface area contributed by atoms with Crippen molar-refractivity contribution in [2.75, 3.05) is 18.8 Å². The molecule has 2 N–H and O–H groups in total. The Kier molecular flexibility index (Phi) is 8.27. The highest BCUT2D eigenvalue weighted by Gasteiger charge is 2.43. The number of rotatable bonds is 9. The third-order valence-corrected chi connectivity index (χ3v) is 9.37. The Morgan fingerprint density at radius 1 is 1.20 bits per heavy atom. The number of amides is 1. The van der Waals surface area contributed by atoms with Crippen LogP contribution in [0.3, 0.4) is 0 Å². The average molecular weight is 505 g/mol. The van der Waals surface area contributed by atoms with Gasteiger partial charge in [0.2, 0.25) is 15.9 Å². The number of nitrogens with zero attached hydrogens (tertiary/aromatic N) is 2. The summed E-state index contributed by atoms with van der Waals surface area (Å²) in [5, 5.41) is 0. The van der Waals surface area contributed by atoms with E-state index in [1.807, 2.05) is 11.1 Å². The molecule has 2 fully saturated rings. The molecule has 35 heavy (non-hydrogen) atoms. The number of carbonyl (C=O) groups excluding carboxylic acids is 1. The van der Waals surface area contributed by atoms with Gasteiger partial charge in [0, 0.05) is 31.9 Å². The van der Waals surface area contributed by atoms with Crippen LogP contribution in [0.5, 0.6) is 0 Å². The fourth-order valence-corrected chi connectivity index (χ4v) is 6.69. The molecule has 1 aliphatic heterocycles. The quantitative estimate of drug-likeness (QED) is 0.543. The second-order valence-electron chi connectivity index (χ2n) is 10.1. The van der Waals surface area contributed by atoms with E-state index < -0.39 is 16.1 Å². The third-order valence-electron chi connectivity index (χ3n) is 7.97. The number of sulfonamides is 1. The van der Waals surface area contributed by atoms with Crippen molar-refractivity contribution < 1.29 is 17.6 Å². The van der Waals surface area contributed by atoms with Gasteiger partial charge in [0.25, 0.3) is 0 Å². The molecule has 2 aromatic rings. The van der Waals surface area contributed by atoms with Crippen molar-refractivity contribution >= 4 is 15.9 Å². The molecule has 0 spiro atoms. The van der Waals surface area contributed by atoms with Crippen LogP contribution in [-0.4, -0.2) is 54.1 Å². The Labute approximate surface area is 208 Å². The van der Waals surface area contributed by atoms with Crippen LogP contribution in [0.4, 0.5) is 4.39 Å². The highest BCUT2D eigenvalue weighted by molar-refractivity contribution is 7.89. The van der Waals surface area contributed by atoms with Gasteiger partial charge in [0.15, 0.2) is 0 Å². The largest absolute Gasteiger partial charge is 0.349 e. The predicted molar refractivity (Wildman–Crippen MR) is 134 cm³/mol. The van der Waals surface area contributed by atoms with Crippen LogP contribution in [0.2, 0.25) is 0 Å². The normalized spacial score (nSPS) is 20.0. The van der Waals surface area contributed by atoms with E-state index in [-0.39, 0.29) is 29.3 Å². The number of aromatic nitrogens is 2. The summed E-state index contributed by atoms with van der Waals surface area (Å²) < 4.78 is 40.7. The SMILES string of the molecule is CCS(=O)(=O)N[C@H](Cc1ccc(F)cc1)C(=O)N1CCC(Cc2ncc[nH]2)(C2CCCCC2)CC1. The molecule has 2 heterocycles. The summed E-state index contributed by atoms with van der Waals surface area (Å²) in [5.74, 6) is 0.945. The Morgan fingerprint density at radius 3 is 2.49 bits per heavy atom. The molecule has 0 radical (unpaired) electrons. The van der Waals surface area contributed by atoms with Gasteiger partial charge in [-0.25, -0.2) is 22.5 Å². The Hall–Kier alpha value is -2.26. The molecule has 192 valence electrons. The van der Waals surface area contributed by atoms with Gasteiger partial charge >= 0.3 is 0 Å². The number of aromatic amines is 1. The van der Waals surface area contributed by atoms with E-state index in [0.29, 0.717) is 19.0 Å². The van der Waals surface area contributed by atoms with Gasteiger partial charge in [0.1, 0.15) is 17.7 Å². The number of halogens is 1. The van der Waals surface area contributed by atoms with Gasteiger partial charge in [-0.15, -0.1) is 0 Å². The molecule has 7 nitrogen and oxygen atoms in total. The van der Waals surface area contributed by atoms with Crippen LogP contribution in [-0.2, 0) is 27.7 Å². The molecule has 0 bridgehead atoms. The zero-order valence-electron chi connectivity index (χ0n) is 20.5. The maximum Gasteiger partial charge on any atom is 0.241 e. The number of hydrogen-bond donors (Lipinski definition) is 2. The summed E-state index contributed by atoms with van der Waals surface area (Å²) in [4.78, 5) is 23.2. The summed E-state index contributed by atoms with van der Waals surface area (Å²) in [5.41, 5.74) is 0.819. The number of hydrogen-bond acceptors (Lipinski definition) is 4. The van der Waals surface area contributed by atoms with Crippen LogP contribution in [0, 0.1) is 17.2 Å². The standard InChI is InChI=1S/C26H37FN4O3S/c1-2-35(33,34)30-23(18-20-8-10-22(27)11-9-20)25(32)31-16-12-26(13-17-31,19-24-28-14-15-29-24)21-6-4-3-5-7-21/h8-11,14-15,21,23,30H,2-7,12-13,16-19H2,1H3,(H,28,29)/t23-/m1/s1. The topological polar surface area (TPSA) is 95.2 Å². The monoisotopic (exact) mass is 504 g/mol. The molecule has 1 aromatic carbocycles. The molecule has 1 saturated carbocycles. The number of nitrogens with one attached hydrogen (secondary N) is 2. The van der Waals surface area contributed by atoms with Crippen molar-refractivity contribution in [2.24, 2.45) is 11.3 Å². The first kappa shape index (κ1) is 25.8. The maximum absolute atomic E-state index is 13.6. The molecular weight excluding hydrogens is 467 g/mol. The van der Waals surface area contributed by atoms with Crippen LogP contribution < -0.4 is 4.72 Å². The first-order valence-electron chi connectivity index (χ1n) is 12.8. The van der Waals surface area contributed by atoms with Crippen molar-refractivity contribution in [3.05, 3.63) is 53.9 Å². The van der Waals surface area contributed by atoms with E-state index in [2.05, 4.69) is 14.7 Å². The molecule has 1 aromatic heterocycles. The van der Waals surface area contributed by atoms with Crippen LogP contribution >= 0.6 is 0 Å². The second kappa shape index (κ2) is 11.2. The van der Waals surface area contributed by atoms with Gasteiger partial charge in [-0.2, -0.15) is 0 Å². The van der Waals surface area contributed by atoms with E-state index in [9.17, 15) is 17.6 Å². The lowest BCUT2D eigenvalue weighted by molar-refractivity contribution is -0.136. The lowest BCUT2D eigenvalue weighted by Crippen LogP contribution is -2.54. The first-order valence-corrected chi connectivity index (χ1v) is 14.5. The Bertz CT molecular complexity index is 1060. The first-order chi connectivity index (χ1) is 16.8. The highest BCUT2D eigenvalue weighted by Crippen LogP contribution is 2.47. The van der Waals surface area contributed by atoms with Crippen molar-refractivity contribution in [1.29, 1.82) is 0 Å². The van der Waals surface area contributed by atoms with Crippen molar-refractivity contribution in [3.8, 4) is 0 Å². The molecule has 2 aliphatic rings. The summed E-state index contributed by atoms with van der Waals surface area (Å²) >= 11 is 0. The summed E-state index contributed by atoms with van der Waals surface area (Å²) in [6.07, 6.45) is 12.7. The van der Waals surface area contributed by atoms with E-state index in [0.717, 1.165) is 30.7 Å². The van der Waals surface area contributed by atoms with Gasteiger partial charge < -0.3 is 9.88 Å². The smallest absolute Gasteiger partial charge is 0.241 e. The van der Waals surface area contributed by atoms with Crippen LogP contribution in [0.15, 0.2) is 36.7 Å². The Balaban J connectivity index is 1.49. The van der Waals surface area contributed by atoms with Gasteiger partial charge in [-0.05, 0) is 68.1 Å². The molecule has 1 amide bonds. The number of likely N-dealkylation sites (tertiary alicyclic amines) is 1. The van der Waals surface area contributed by atoms with Crippen LogP contribution in [0.1, 0.15) is 63.3 Å². The molecule has 9 heteroatoms. The molecular formula is C26H37FN4O3S. The van der Waals surface area contributed by atoms with E-state index in [1.165, 1.54) is 44.2 Å². The molecule has 1 atom stereocenters. The summed E-state index contributed by atoms with van der Waals surface area (Å²) in [7, 11) is -3.59. The number of carbonyl (C=O) groups is 1. The van der Waals surface area contributed by atoms with E-state index in [1.54, 1.807) is 25.3 Å². The molecule has 0 unspecified atom stereocenters. The zero-order chi connectivity index (χ0) is 24.9. The van der Waals surface area contributed by atoms with E-state index >= 15 is 0 Å². The number of imidazole rings is 1. The van der Waals surface area contributed by atoms with Gasteiger partial charge in [-0.1, -0.05) is 31.4 Å². The highest BCUT2D eigenvalue weighted by atomic mass is 32.2. The predicted octanol–water partition coefficient (Wildman–Crippen LogP) is 3.83. The fraction of sp³-hybridized carbons (Fsp3) is 0.615. The summed E-state index contributed by atoms with van der Waals surface area (Å²) in [6, 6.07) is 4.96. The minimum Gasteiger partial charge on any atom is -0.349 e. The zero-order valence-corrected chi connectivity index (χ0v) is 21.3. The molecule has 1 aliphatic carbocycles.